The van der Waals surface area contributed by atoms with Crippen LogP contribution in [0.15, 0.2) is 40.9 Å². The lowest BCUT2D eigenvalue weighted by Crippen LogP contribution is -2.07. The molecule has 0 spiro atoms. The average Bonchev–Trinajstić information content (AvgIpc) is 2.38. The second-order valence-corrected chi connectivity index (χ2v) is 5.70. The summed E-state index contributed by atoms with van der Waals surface area (Å²) >= 11 is 9.25. The van der Waals surface area contributed by atoms with Crippen molar-refractivity contribution in [2.75, 3.05) is 5.32 Å². The first kappa shape index (κ1) is 15.8. The fraction of sp³-hybridized carbons (Fsp3) is 0.133. The normalized spacial score (nSPS) is 10.4. The lowest BCUT2D eigenvalue weighted by Gasteiger charge is -2.13. The van der Waals surface area contributed by atoms with Gasteiger partial charge in [-0.2, -0.15) is 0 Å². The van der Waals surface area contributed by atoms with Gasteiger partial charge in [-0.05, 0) is 39.2 Å². The SMILES string of the molecule is O=C(O)Cc1ccccc1CNc1c(Cl)cc(F)cc1Br. The van der Waals surface area contributed by atoms with E-state index in [0.717, 1.165) is 11.1 Å². The summed E-state index contributed by atoms with van der Waals surface area (Å²) in [6.45, 7) is 0.396. The van der Waals surface area contributed by atoms with E-state index in [2.05, 4.69) is 21.2 Å². The summed E-state index contributed by atoms with van der Waals surface area (Å²) in [6.07, 6.45) is -0.0455. The molecule has 0 unspecified atom stereocenters. The molecule has 0 saturated heterocycles. The number of nitrogens with one attached hydrogen (secondary N) is 1. The third-order valence-corrected chi connectivity index (χ3v) is 3.85. The maximum atomic E-state index is 13.2. The molecule has 2 N–H and O–H groups in total. The van der Waals surface area contributed by atoms with Gasteiger partial charge in [-0.3, -0.25) is 4.79 Å². The number of halogens is 3. The first-order valence-electron chi connectivity index (χ1n) is 6.14. The Morgan fingerprint density at radius 3 is 2.57 bits per heavy atom. The lowest BCUT2D eigenvalue weighted by molar-refractivity contribution is -0.136. The van der Waals surface area contributed by atoms with Crippen molar-refractivity contribution < 1.29 is 14.3 Å². The summed E-state index contributed by atoms with van der Waals surface area (Å²) < 4.78 is 13.7. The van der Waals surface area contributed by atoms with E-state index in [1.165, 1.54) is 12.1 Å². The number of hydrogen-bond donors (Lipinski definition) is 2. The van der Waals surface area contributed by atoms with Crippen molar-refractivity contribution in [1.82, 2.24) is 0 Å². The highest BCUT2D eigenvalue weighted by Gasteiger charge is 2.10. The van der Waals surface area contributed by atoms with Gasteiger partial charge in [0.05, 0.1) is 17.1 Å². The minimum Gasteiger partial charge on any atom is -0.481 e. The third-order valence-electron chi connectivity index (χ3n) is 2.92. The van der Waals surface area contributed by atoms with Crippen molar-refractivity contribution in [3.63, 3.8) is 0 Å². The van der Waals surface area contributed by atoms with Crippen LogP contribution in [0.4, 0.5) is 10.1 Å². The Hall–Kier alpha value is -1.59. The van der Waals surface area contributed by atoms with Crippen molar-refractivity contribution in [2.45, 2.75) is 13.0 Å². The van der Waals surface area contributed by atoms with E-state index >= 15 is 0 Å². The summed E-state index contributed by atoms with van der Waals surface area (Å²) in [7, 11) is 0. The topological polar surface area (TPSA) is 49.3 Å². The highest BCUT2D eigenvalue weighted by molar-refractivity contribution is 9.10. The number of rotatable bonds is 5. The quantitative estimate of drug-likeness (QED) is 0.813. The van der Waals surface area contributed by atoms with Crippen LogP contribution in [-0.4, -0.2) is 11.1 Å². The van der Waals surface area contributed by atoms with E-state index in [-0.39, 0.29) is 11.4 Å². The fourth-order valence-corrected chi connectivity index (χ4v) is 2.92. The predicted octanol–water partition coefficient (Wildman–Crippen LogP) is 4.48. The summed E-state index contributed by atoms with van der Waals surface area (Å²) in [5.74, 6) is -1.31. The zero-order valence-corrected chi connectivity index (χ0v) is 13.2. The summed E-state index contributed by atoms with van der Waals surface area (Å²) in [4.78, 5) is 10.9. The first-order valence-corrected chi connectivity index (χ1v) is 7.31. The Kier molecular flexibility index (Phi) is 5.20. The fourth-order valence-electron chi connectivity index (χ4n) is 1.96. The third kappa shape index (κ3) is 4.19. The second kappa shape index (κ2) is 6.91. The monoisotopic (exact) mass is 371 g/mol. The maximum Gasteiger partial charge on any atom is 0.307 e. The molecule has 0 saturated carbocycles. The molecule has 2 rings (SSSR count). The Balaban J connectivity index is 2.19. The van der Waals surface area contributed by atoms with Crippen LogP contribution in [0, 0.1) is 5.82 Å². The molecule has 0 aliphatic heterocycles. The van der Waals surface area contributed by atoms with Crippen molar-refractivity contribution in [3.05, 3.63) is 62.8 Å². The number of carboxylic acids is 1. The van der Waals surface area contributed by atoms with Gasteiger partial charge in [0, 0.05) is 11.0 Å². The molecule has 0 aliphatic rings. The molecule has 0 fully saturated rings. The largest absolute Gasteiger partial charge is 0.481 e. The molecule has 21 heavy (non-hydrogen) atoms. The van der Waals surface area contributed by atoms with Crippen LogP contribution in [0.5, 0.6) is 0 Å². The molecule has 2 aromatic rings. The van der Waals surface area contributed by atoms with Gasteiger partial charge in [-0.15, -0.1) is 0 Å². The molecule has 0 aromatic heterocycles. The standard InChI is InChI=1S/C15H12BrClFNO2/c16-12-6-11(18)7-13(17)15(12)19-8-10-4-2-1-3-9(10)5-14(20)21/h1-4,6-7,19H,5,8H2,(H,20,21). The number of hydrogen-bond acceptors (Lipinski definition) is 2. The van der Waals surface area contributed by atoms with Crippen LogP contribution >= 0.6 is 27.5 Å². The van der Waals surface area contributed by atoms with Gasteiger partial charge in [0.25, 0.3) is 0 Å². The van der Waals surface area contributed by atoms with E-state index < -0.39 is 11.8 Å². The number of carbonyl (C=O) groups is 1. The van der Waals surface area contributed by atoms with Crippen molar-refractivity contribution in [2.24, 2.45) is 0 Å². The Morgan fingerprint density at radius 1 is 1.29 bits per heavy atom. The van der Waals surface area contributed by atoms with Crippen LogP contribution in [0.2, 0.25) is 5.02 Å². The molecule has 0 radical (unpaired) electrons. The second-order valence-electron chi connectivity index (χ2n) is 4.44. The molecule has 0 atom stereocenters. The van der Waals surface area contributed by atoms with Crippen LogP contribution in [0.25, 0.3) is 0 Å². The van der Waals surface area contributed by atoms with Gasteiger partial charge >= 0.3 is 5.97 Å². The van der Waals surface area contributed by atoms with Crippen molar-refractivity contribution in [1.29, 1.82) is 0 Å². The molecule has 6 heteroatoms. The van der Waals surface area contributed by atoms with Crippen LogP contribution in [0.1, 0.15) is 11.1 Å². The zero-order chi connectivity index (χ0) is 15.4. The smallest absolute Gasteiger partial charge is 0.307 e. The van der Waals surface area contributed by atoms with E-state index in [9.17, 15) is 9.18 Å². The van der Waals surface area contributed by atoms with Gasteiger partial charge in [0.2, 0.25) is 0 Å². The highest BCUT2D eigenvalue weighted by atomic mass is 79.9. The summed E-state index contributed by atoms with van der Waals surface area (Å²) in [5.41, 5.74) is 2.15. The van der Waals surface area contributed by atoms with Crippen molar-refractivity contribution >= 4 is 39.2 Å². The van der Waals surface area contributed by atoms with Crippen molar-refractivity contribution in [3.8, 4) is 0 Å². The van der Waals surface area contributed by atoms with E-state index in [4.69, 9.17) is 16.7 Å². The number of anilines is 1. The Labute approximate surface area is 134 Å². The maximum absolute atomic E-state index is 13.2. The molecule has 0 heterocycles. The van der Waals surface area contributed by atoms with E-state index in [1.54, 1.807) is 12.1 Å². The number of carboxylic acid groups (broad SMARTS) is 1. The number of aliphatic carboxylic acids is 1. The van der Waals surface area contributed by atoms with Crippen LogP contribution < -0.4 is 5.32 Å². The molecular weight excluding hydrogens is 361 g/mol. The number of benzene rings is 2. The summed E-state index contributed by atoms with van der Waals surface area (Å²) in [6, 6.07) is 9.78. The summed E-state index contributed by atoms with van der Waals surface area (Å²) in [5, 5.41) is 12.3. The zero-order valence-electron chi connectivity index (χ0n) is 10.9. The van der Waals surface area contributed by atoms with E-state index in [1.807, 2.05) is 12.1 Å². The molecule has 0 bridgehead atoms. The van der Waals surface area contributed by atoms with Crippen LogP contribution in [-0.2, 0) is 17.8 Å². The highest BCUT2D eigenvalue weighted by Crippen LogP contribution is 2.32. The molecule has 0 amide bonds. The van der Waals surface area contributed by atoms with E-state index in [0.29, 0.717) is 16.7 Å². The molecule has 0 aliphatic carbocycles. The minimum atomic E-state index is -0.886. The van der Waals surface area contributed by atoms with Gasteiger partial charge in [0.1, 0.15) is 5.82 Å². The first-order chi connectivity index (χ1) is 9.97. The van der Waals surface area contributed by atoms with Gasteiger partial charge < -0.3 is 10.4 Å². The van der Waals surface area contributed by atoms with Crippen LogP contribution in [0.3, 0.4) is 0 Å². The average molecular weight is 373 g/mol. The lowest BCUT2D eigenvalue weighted by atomic mass is 10.0. The van der Waals surface area contributed by atoms with Gasteiger partial charge in [-0.25, -0.2) is 4.39 Å². The Bertz CT molecular complexity index is 655. The minimum absolute atomic E-state index is 0.0455. The Morgan fingerprint density at radius 2 is 1.95 bits per heavy atom. The predicted molar refractivity (Wildman–Crippen MR) is 84.2 cm³/mol. The molecule has 110 valence electrons. The van der Waals surface area contributed by atoms with Gasteiger partial charge in [0.15, 0.2) is 0 Å². The molecule has 2 aromatic carbocycles. The van der Waals surface area contributed by atoms with Gasteiger partial charge in [-0.1, -0.05) is 35.9 Å². The molecular formula is C15H12BrClFNO2. The molecule has 3 nitrogen and oxygen atoms in total.